The van der Waals surface area contributed by atoms with Gasteiger partial charge in [0.05, 0.1) is 12.0 Å². The zero-order chi connectivity index (χ0) is 26.9. The molecular formula is C30H24BrN5O2S. The second kappa shape index (κ2) is 13.0. The number of nitrogens with zero attached hydrogens (tertiary/aromatic N) is 4. The molecule has 0 fully saturated rings. The van der Waals surface area contributed by atoms with Gasteiger partial charge in [0.25, 0.3) is 5.91 Å². The van der Waals surface area contributed by atoms with Gasteiger partial charge in [-0.2, -0.15) is 5.10 Å². The van der Waals surface area contributed by atoms with Gasteiger partial charge >= 0.3 is 0 Å². The highest BCUT2D eigenvalue weighted by Crippen LogP contribution is 2.28. The molecule has 0 spiro atoms. The van der Waals surface area contributed by atoms with Crippen LogP contribution in [0.4, 0.5) is 0 Å². The summed E-state index contributed by atoms with van der Waals surface area (Å²) < 4.78 is 8.73. The van der Waals surface area contributed by atoms with Gasteiger partial charge in [0, 0.05) is 15.7 Å². The van der Waals surface area contributed by atoms with Crippen molar-refractivity contribution in [2.24, 2.45) is 5.10 Å². The molecule has 0 radical (unpaired) electrons. The topological polar surface area (TPSA) is 81.4 Å². The van der Waals surface area contributed by atoms with Gasteiger partial charge in [0.15, 0.2) is 11.0 Å². The Kier molecular flexibility index (Phi) is 8.82. The Labute approximate surface area is 239 Å². The van der Waals surface area contributed by atoms with Crippen molar-refractivity contribution in [3.63, 3.8) is 0 Å². The zero-order valence-corrected chi connectivity index (χ0v) is 23.2. The molecule has 0 unspecified atom stereocenters. The first-order chi connectivity index (χ1) is 19.2. The number of aromatic nitrogens is 3. The Hall–Kier alpha value is -4.21. The number of nitrogens with one attached hydrogen (secondary N) is 1. The first kappa shape index (κ1) is 26.4. The molecule has 7 nitrogen and oxygen atoms in total. The van der Waals surface area contributed by atoms with Gasteiger partial charge in [-0.3, -0.25) is 9.36 Å². The van der Waals surface area contributed by atoms with Gasteiger partial charge in [-0.25, -0.2) is 5.43 Å². The fourth-order valence-electron chi connectivity index (χ4n) is 3.69. The third kappa shape index (κ3) is 7.22. The van der Waals surface area contributed by atoms with Gasteiger partial charge in [0.2, 0.25) is 0 Å². The minimum absolute atomic E-state index is 0.132. The number of carbonyl (C=O) groups is 1. The second-order valence-corrected chi connectivity index (χ2v) is 10.3. The van der Waals surface area contributed by atoms with Crippen LogP contribution in [-0.2, 0) is 11.4 Å². The van der Waals surface area contributed by atoms with Crippen molar-refractivity contribution in [2.75, 3.05) is 5.75 Å². The molecule has 4 aromatic carbocycles. The Morgan fingerprint density at radius 1 is 0.897 bits per heavy atom. The van der Waals surface area contributed by atoms with E-state index in [0.29, 0.717) is 17.6 Å². The van der Waals surface area contributed by atoms with Crippen molar-refractivity contribution in [1.29, 1.82) is 0 Å². The molecule has 0 aliphatic carbocycles. The van der Waals surface area contributed by atoms with Gasteiger partial charge in [-0.15, -0.1) is 10.2 Å². The molecule has 0 aliphatic rings. The number of benzene rings is 4. The summed E-state index contributed by atoms with van der Waals surface area (Å²) in [6, 6.07) is 35.2. The van der Waals surface area contributed by atoms with Crippen LogP contribution in [0, 0.1) is 0 Å². The molecule has 1 amide bonds. The zero-order valence-electron chi connectivity index (χ0n) is 20.8. The van der Waals surface area contributed by atoms with Gasteiger partial charge in [0.1, 0.15) is 12.4 Å². The van der Waals surface area contributed by atoms with E-state index >= 15 is 0 Å². The monoisotopic (exact) mass is 597 g/mol. The minimum Gasteiger partial charge on any atom is -0.489 e. The molecule has 1 aromatic heterocycles. The molecule has 0 saturated carbocycles. The van der Waals surface area contributed by atoms with Gasteiger partial charge in [-0.05, 0) is 59.7 Å². The summed E-state index contributed by atoms with van der Waals surface area (Å²) in [4.78, 5) is 12.5. The predicted octanol–water partition coefficient (Wildman–Crippen LogP) is 6.52. The molecule has 0 aliphatic heterocycles. The summed E-state index contributed by atoms with van der Waals surface area (Å²) >= 11 is 4.78. The molecule has 194 valence electrons. The molecule has 1 heterocycles. The molecule has 39 heavy (non-hydrogen) atoms. The van der Waals surface area contributed by atoms with Crippen LogP contribution < -0.4 is 10.2 Å². The highest BCUT2D eigenvalue weighted by molar-refractivity contribution is 9.10. The third-order valence-electron chi connectivity index (χ3n) is 5.61. The number of thioether (sulfide) groups is 1. The SMILES string of the molecule is O=C(CSc1nnc(-c2ccccc2)n1-c1ccc(Br)cc1)NN=Cc1ccc(OCc2ccccc2)cc1. The molecule has 9 heteroatoms. The van der Waals surface area contributed by atoms with Crippen molar-refractivity contribution in [2.45, 2.75) is 11.8 Å². The lowest BCUT2D eigenvalue weighted by atomic mass is 10.2. The quantitative estimate of drug-likeness (QED) is 0.113. The number of carbonyl (C=O) groups excluding carboxylic acids is 1. The van der Waals surface area contributed by atoms with E-state index in [1.54, 1.807) is 6.21 Å². The van der Waals surface area contributed by atoms with Crippen LogP contribution >= 0.6 is 27.7 Å². The smallest absolute Gasteiger partial charge is 0.250 e. The third-order valence-corrected chi connectivity index (χ3v) is 7.07. The lowest BCUT2D eigenvalue weighted by Crippen LogP contribution is -2.20. The average molecular weight is 599 g/mol. The van der Waals surface area contributed by atoms with Crippen LogP contribution in [0.2, 0.25) is 0 Å². The van der Waals surface area contributed by atoms with Crippen molar-refractivity contribution >= 4 is 39.8 Å². The van der Waals surface area contributed by atoms with E-state index < -0.39 is 0 Å². The van der Waals surface area contributed by atoms with Crippen molar-refractivity contribution < 1.29 is 9.53 Å². The molecule has 0 saturated heterocycles. The standard InChI is InChI=1S/C30H24BrN5O2S/c31-25-13-15-26(16-14-25)36-29(24-9-5-2-6-10-24)34-35-30(36)39-21-28(37)33-32-19-22-11-17-27(18-12-22)38-20-23-7-3-1-4-8-23/h1-19H,20-21H2,(H,33,37). The number of hydrazone groups is 1. The van der Waals surface area contributed by atoms with E-state index in [2.05, 4.69) is 36.7 Å². The van der Waals surface area contributed by atoms with Crippen LogP contribution in [0.5, 0.6) is 5.75 Å². The Morgan fingerprint density at radius 3 is 2.31 bits per heavy atom. The Bertz CT molecular complexity index is 1540. The summed E-state index contributed by atoms with van der Waals surface area (Å²) in [5, 5.41) is 13.5. The fourth-order valence-corrected chi connectivity index (χ4v) is 4.70. The number of hydrogen-bond donors (Lipinski definition) is 1. The number of rotatable bonds is 10. The maximum atomic E-state index is 12.5. The predicted molar refractivity (Wildman–Crippen MR) is 158 cm³/mol. The largest absolute Gasteiger partial charge is 0.489 e. The molecule has 0 bridgehead atoms. The first-order valence-electron chi connectivity index (χ1n) is 12.1. The van der Waals surface area contributed by atoms with Crippen LogP contribution in [0.1, 0.15) is 11.1 Å². The van der Waals surface area contributed by atoms with E-state index in [9.17, 15) is 4.79 Å². The van der Waals surface area contributed by atoms with E-state index in [-0.39, 0.29) is 11.7 Å². The van der Waals surface area contributed by atoms with E-state index in [1.165, 1.54) is 11.8 Å². The molecule has 5 aromatic rings. The highest BCUT2D eigenvalue weighted by Gasteiger charge is 2.17. The molecule has 0 atom stereocenters. The van der Waals surface area contributed by atoms with Crippen LogP contribution in [-0.4, -0.2) is 32.6 Å². The van der Waals surface area contributed by atoms with Crippen LogP contribution in [0.15, 0.2) is 124 Å². The lowest BCUT2D eigenvalue weighted by molar-refractivity contribution is -0.118. The fraction of sp³-hybridized carbons (Fsp3) is 0.0667. The normalized spacial score (nSPS) is 11.0. The Morgan fingerprint density at radius 2 is 1.59 bits per heavy atom. The highest BCUT2D eigenvalue weighted by atomic mass is 79.9. The van der Waals surface area contributed by atoms with E-state index in [4.69, 9.17) is 4.74 Å². The summed E-state index contributed by atoms with van der Waals surface area (Å²) in [5.41, 5.74) is 6.37. The van der Waals surface area contributed by atoms with Crippen molar-refractivity contribution in [3.05, 3.63) is 125 Å². The summed E-state index contributed by atoms with van der Waals surface area (Å²) in [7, 11) is 0. The summed E-state index contributed by atoms with van der Waals surface area (Å²) in [6.45, 7) is 0.504. The Balaban J connectivity index is 1.18. The number of amides is 1. The van der Waals surface area contributed by atoms with Crippen molar-refractivity contribution in [3.8, 4) is 22.8 Å². The maximum Gasteiger partial charge on any atom is 0.250 e. The summed E-state index contributed by atoms with van der Waals surface area (Å²) in [6.07, 6.45) is 1.60. The lowest BCUT2D eigenvalue weighted by Gasteiger charge is -2.10. The number of hydrogen-bond acceptors (Lipinski definition) is 6. The maximum absolute atomic E-state index is 12.5. The van der Waals surface area contributed by atoms with Gasteiger partial charge in [-0.1, -0.05) is 88.4 Å². The molecule has 5 rings (SSSR count). The first-order valence-corrected chi connectivity index (χ1v) is 13.9. The van der Waals surface area contributed by atoms with Crippen LogP contribution in [0.3, 0.4) is 0 Å². The van der Waals surface area contributed by atoms with E-state index in [1.807, 2.05) is 114 Å². The average Bonchev–Trinajstić information content (AvgIpc) is 3.41. The molecular weight excluding hydrogens is 574 g/mol. The summed E-state index contributed by atoms with van der Waals surface area (Å²) in [5.74, 6) is 1.36. The van der Waals surface area contributed by atoms with Crippen molar-refractivity contribution in [1.82, 2.24) is 20.2 Å². The number of ether oxygens (including phenoxy) is 1. The van der Waals surface area contributed by atoms with Crippen LogP contribution in [0.25, 0.3) is 17.1 Å². The second-order valence-electron chi connectivity index (χ2n) is 8.41. The minimum atomic E-state index is -0.245. The molecule has 1 N–H and O–H groups in total. The number of halogens is 1. The van der Waals surface area contributed by atoms with Gasteiger partial charge < -0.3 is 4.74 Å². The van der Waals surface area contributed by atoms with E-state index in [0.717, 1.165) is 32.6 Å².